The van der Waals surface area contributed by atoms with Gasteiger partial charge in [-0.3, -0.25) is 20.4 Å². The Kier molecular flexibility index (Phi) is 6.70. The van der Waals surface area contributed by atoms with E-state index in [4.69, 9.17) is 4.74 Å². The quantitative estimate of drug-likeness (QED) is 0.540. The van der Waals surface area contributed by atoms with Crippen molar-refractivity contribution in [3.8, 4) is 5.75 Å². The van der Waals surface area contributed by atoms with E-state index in [2.05, 4.69) is 10.9 Å². The van der Waals surface area contributed by atoms with Crippen LogP contribution in [0.25, 0.3) is 10.8 Å². The maximum absolute atomic E-state index is 12.3. The topological polar surface area (TPSA) is 105 Å². The number of sulfonamides is 1. The standard InChI is InChI=1S/C20H21N3O5S2/c1-14(28-17-10-9-15-6-3-4-7-16(15)12-17)20(25)22-21-18(24)13-23(2)30(26,27)19-8-5-11-29-19/h3-12,14H,13H2,1-2H3,(H,21,24)(H,22,25). The molecule has 0 spiro atoms. The molecule has 0 aliphatic rings. The highest BCUT2D eigenvalue weighted by atomic mass is 32.2. The molecule has 2 N–H and O–H groups in total. The zero-order chi connectivity index (χ0) is 21.7. The number of fused-ring (bicyclic) bond motifs is 1. The average Bonchev–Trinajstić information content (AvgIpc) is 3.27. The molecule has 0 aliphatic heterocycles. The highest BCUT2D eigenvalue weighted by Crippen LogP contribution is 2.21. The van der Waals surface area contributed by atoms with E-state index in [0.717, 1.165) is 26.4 Å². The molecular formula is C20H21N3O5S2. The van der Waals surface area contributed by atoms with Gasteiger partial charge in [-0.1, -0.05) is 36.4 Å². The third-order valence-corrected chi connectivity index (χ3v) is 7.43. The van der Waals surface area contributed by atoms with Crippen molar-refractivity contribution in [3.63, 3.8) is 0 Å². The molecule has 3 aromatic rings. The van der Waals surface area contributed by atoms with Crippen LogP contribution in [0.3, 0.4) is 0 Å². The first-order valence-corrected chi connectivity index (χ1v) is 11.3. The molecule has 30 heavy (non-hydrogen) atoms. The molecule has 0 fully saturated rings. The van der Waals surface area contributed by atoms with E-state index in [9.17, 15) is 18.0 Å². The zero-order valence-electron chi connectivity index (χ0n) is 16.4. The van der Waals surface area contributed by atoms with Crippen LogP contribution in [0.5, 0.6) is 5.75 Å². The Morgan fingerprint density at radius 3 is 2.50 bits per heavy atom. The Morgan fingerprint density at radius 2 is 1.80 bits per heavy atom. The van der Waals surface area contributed by atoms with Crippen LogP contribution in [-0.4, -0.2) is 44.2 Å². The van der Waals surface area contributed by atoms with Crippen LogP contribution in [-0.2, 0) is 19.6 Å². The number of hydrogen-bond acceptors (Lipinski definition) is 6. The van der Waals surface area contributed by atoms with Crippen LogP contribution in [0.15, 0.2) is 64.2 Å². The summed E-state index contributed by atoms with van der Waals surface area (Å²) in [4.78, 5) is 24.2. The molecule has 1 unspecified atom stereocenters. The van der Waals surface area contributed by atoms with Gasteiger partial charge in [0.2, 0.25) is 0 Å². The summed E-state index contributed by atoms with van der Waals surface area (Å²) in [5.74, 6) is -0.728. The lowest BCUT2D eigenvalue weighted by atomic mass is 10.1. The minimum absolute atomic E-state index is 0.138. The van der Waals surface area contributed by atoms with Crippen molar-refractivity contribution in [1.82, 2.24) is 15.2 Å². The Labute approximate surface area is 178 Å². The fraction of sp³-hybridized carbons (Fsp3) is 0.200. The first-order chi connectivity index (χ1) is 14.3. The third-order valence-electron chi connectivity index (χ3n) is 4.25. The average molecular weight is 448 g/mol. The van der Waals surface area contributed by atoms with Crippen molar-refractivity contribution in [3.05, 3.63) is 60.0 Å². The van der Waals surface area contributed by atoms with E-state index < -0.39 is 34.5 Å². The van der Waals surface area contributed by atoms with Crippen molar-refractivity contribution in [2.24, 2.45) is 0 Å². The van der Waals surface area contributed by atoms with Crippen molar-refractivity contribution < 1.29 is 22.7 Å². The van der Waals surface area contributed by atoms with E-state index >= 15 is 0 Å². The molecule has 0 bridgehead atoms. The van der Waals surface area contributed by atoms with Gasteiger partial charge in [0.25, 0.3) is 21.8 Å². The number of nitrogens with one attached hydrogen (secondary N) is 2. The molecule has 1 aromatic heterocycles. The van der Waals surface area contributed by atoms with Crippen LogP contribution in [0.1, 0.15) is 6.92 Å². The Morgan fingerprint density at radius 1 is 1.07 bits per heavy atom. The summed E-state index contributed by atoms with van der Waals surface area (Å²) in [5, 5.41) is 3.67. The maximum Gasteiger partial charge on any atom is 0.279 e. The van der Waals surface area contributed by atoms with Crippen LogP contribution in [0, 0.1) is 0 Å². The molecule has 0 radical (unpaired) electrons. The van der Waals surface area contributed by atoms with Gasteiger partial charge in [0.05, 0.1) is 6.54 Å². The largest absolute Gasteiger partial charge is 0.481 e. The lowest BCUT2D eigenvalue weighted by molar-refractivity contribution is -0.132. The second-order valence-corrected chi connectivity index (χ2v) is 9.72. The van der Waals surface area contributed by atoms with Gasteiger partial charge in [0, 0.05) is 7.05 Å². The first-order valence-electron chi connectivity index (χ1n) is 9.01. The van der Waals surface area contributed by atoms with Gasteiger partial charge in [-0.25, -0.2) is 8.42 Å². The van der Waals surface area contributed by atoms with Gasteiger partial charge >= 0.3 is 0 Å². The summed E-state index contributed by atoms with van der Waals surface area (Å²) in [6, 6.07) is 16.3. The molecule has 3 rings (SSSR count). The van der Waals surface area contributed by atoms with Crippen molar-refractivity contribution in [1.29, 1.82) is 0 Å². The van der Waals surface area contributed by atoms with E-state index in [1.165, 1.54) is 13.1 Å². The van der Waals surface area contributed by atoms with Crippen LogP contribution >= 0.6 is 11.3 Å². The van der Waals surface area contributed by atoms with Gasteiger partial charge in [0.15, 0.2) is 6.10 Å². The summed E-state index contributed by atoms with van der Waals surface area (Å²) < 4.78 is 31.3. The second kappa shape index (κ2) is 9.24. The normalized spacial score (nSPS) is 12.5. The molecule has 0 aliphatic carbocycles. The fourth-order valence-corrected chi connectivity index (χ4v) is 4.95. The van der Waals surface area contributed by atoms with Crippen LogP contribution < -0.4 is 15.6 Å². The summed E-state index contributed by atoms with van der Waals surface area (Å²) in [7, 11) is -2.46. The molecule has 158 valence electrons. The van der Waals surface area contributed by atoms with Crippen molar-refractivity contribution in [2.75, 3.05) is 13.6 Å². The predicted molar refractivity (Wildman–Crippen MR) is 114 cm³/mol. The molecule has 0 saturated heterocycles. The molecule has 1 heterocycles. The number of carbonyl (C=O) groups excluding carboxylic acids is 2. The summed E-state index contributed by atoms with van der Waals surface area (Å²) in [6.45, 7) is 1.10. The molecule has 1 atom stereocenters. The number of hydrogen-bond donors (Lipinski definition) is 2. The smallest absolute Gasteiger partial charge is 0.279 e. The Balaban J connectivity index is 1.50. The van der Waals surface area contributed by atoms with Gasteiger partial charge in [0.1, 0.15) is 9.96 Å². The Bertz CT molecular complexity index is 1150. The lowest BCUT2D eigenvalue weighted by Crippen LogP contribution is -2.50. The summed E-state index contributed by atoms with van der Waals surface area (Å²) >= 11 is 1.06. The number of thiophene rings is 1. The Hall–Kier alpha value is -2.95. The van der Waals surface area contributed by atoms with E-state index in [1.807, 2.05) is 36.4 Å². The molecule has 2 aromatic carbocycles. The minimum Gasteiger partial charge on any atom is -0.481 e. The highest BCUT2D eigenvalue weighted by Gasteiger charge is 2.24. The van der Waals surface area contributed by atoms with Crippen molar-refractivity contribution in [2.45, 2.75) is 17.2 Å². The molecule has 8 nitrogen and oxygen atoms in total. The van der Waals surface area contributed by atoms with Crippen molar-refractivity contribution >= 4 is 43.9 Å². The van der Waals surface area contributed by atoms with Gasteiger partial charge in [-0.2, -0.15) is 4.31 Å². The fourth-order valence-electron chi connectivity index (χ4n) is 2.62. The number of amides is 2. The highest BCUT2D eigenvalue weighted by molar-refractivity contribution is 7.91. The number of nitrogens with zero attached hydrogens (tertiary/aromatic N) is 1. The second-order valence-electron chi connectivity index (χ2n) is 6.50. The van der Waals surface area contributed by atoms with E-state index in [1.54, 1.807) is 24.4 Å². The zero-order valence-corrected chi connectivity index (χ0v) is 18.0. The number of likely N-dealkylation sites (N-methyl/N-ethyl adjacent to an activating group) is 1. The maximum atomic E-state index is 12.3. The van der Waals surface area contributed by atoms with Gasteiger partial charge in [-0.15, -0.1) is 11.3 Å². The van der Waals surface area contributed by atoms with Gasteiger partial charge < -0.3 is 4.74 Å². The lowest BCUT2D eigenvalue weighted by Gasteiger charge is -2.18. The number of benzene rings is 2. The SMILES string of the molecule is CC(Oc1ccc2ccccc2c1)C(=O)NNC(=O)CN(C)S(=O)(=O)c1cccs1. The number of rotatable bonds is 7. The minimum atomic E-state index is -3.75. The molecule has 10 heteroatoms. The first kappa shape index (κ1) is 21.8. The summed E-state index contributed by atoms with van der Waals surface area (Å²) in [6.07, 6.45) is -0.876. The van der Waals surface area contributed by atoms with E-state index in [0.29, 0.717) is 5.75 Å². The third kappa shape index (κ3) is 5.15. The van der Waals surface area contributed by atoms with Crippen LogP contribution in [0.2, 0.25) is 0 Å². The molecule has 2 amide bonds. The number of ether oxygens (including phenoxy) is 1. The molecule has 0 saturated carbocycles. The number of carbonyl (C=O) groups is 2. The predicted octanol–water partition coefficient (Wildman–Crippen LogP) is 2.14. The number of hydrazine groups is 1. The van der Waals surface area contributed by atoms with Gasteiger partial charge in [-0.05, 0) is 41.3 Å². The van der Waals surface area contributed by atoms with Crippen LogP contribution in [0.4, 0.5) is 0 Å². The van der Waals surface area contributed by atoms with E-state index in [-0.39, 0.29) is 4.21 Å². The molecular weight excluding hydrogens is 426 g/mol. The summed E-state index contributed by atoms with van der Waals surface area (Å²) in [5.41, 5.74) is 4.45. The monoisotopic (exact) mass is 447 g/mol.